The third-order valence-electron chi connectivity index (χ3n) is 6.18. The molecule has 0 spiro atoms. The highest BCUT2D eigenvalue weighted by molar-refractivity contribution is 5.66. The number of aryl methyl sites for hydroxylation is 1. The molecule has 5 rings (SSSR count). The Morgan fingerprint density at radius 3 is 2.68 bits per heavy atom. The Kier molecular flexibility index (Phi) is 5.61. The predicted molar refractivity (Wildman–Crippen MR) is 117 cm³/mol. The molecule has 162 valence electrons. The van der Waals surface area contributed by atoms with Crippen LogP contribution in [0, 0.1) is 5.92 Å². The number of aliphatic hydroxyl groups excluding tert-OH is 1. The number of fused-ring (bicyclic) bond motifs is 1. The molecule has 2 aliphatic rings. The molecule has 31 heavy (non-hydrogen) atoms. The third kappa shape index (κ3) is 4.29. The summed E-state index contributed by atoms with van der Waals surface area (Å²) < 4.78 is 13.3. The molecule has 4 heterocycles. The number of hydrogen-bond acceptors (Lipinski definition) is 6. The van der Waals surface area contributed by atoms with E-state index in [0.29, 0.717) is 13.2 Å². The standard InChI is InChI=1S/C24H28N4O3/c1-27-15-19(23(26-27)18-5-6-21-22(14-18)31-13-12-30-21)16-28-10-7-17(8-11-28)24(29)20-4-2-3-9-25-20/h2-6,9,14-15,17,24,29H,7-8,10-13,16H2,1H3. The van der Waals surface area contributed by atoms with Crippen LogP contribution in [0.4, 0.5) is 0 Å². The Labute approximate surface area is 182 Å². The van der Waals surface area contributed by atoms with Crippen LogP contribution < -0.4 is 9.47 Å². The van der Waals surface area contributed by atoms with Crippen molar-refractivity contribution >= 4 is 0 Å². The summed E-state index contributed by atoms with van der Waals surface area (Å²) in [6, 6.07) is 11.8. The lowest BCUT2D eigenvalue weighted by atomic mass is 9.89. The number of ether oxygens (including phenoxy) is 2. The minimum absolute atomic E-state index is 0.248. The van der Waals surface area contributed by atoms with Gasteiger partial charge in [0.25, 0.3) is 0 Å². The largest absolute Gasteiger partial charge is 0.486 e. The second kappa shape index (κ2) is 8.69. The molecule has 0 radical (unpaired) electrons. The Bertz CT molecular complexity index is 1030. The Balaban J connectivity index is 1.27. The van der Waals surface area contributed by atoms with Gasteiger partial charge in [-0.25, -0.2) is 0 Å². The van der Waals surface area contributed by atoms with Gasteiger partial charge in [-0.15, -0.1) is 0 Å². The van der Waals surface area contributed by atoms with Gasteiger partial charge < -0.3 is 14.6 Å². The number of benzene rings is 1. The zero-order valence-corrected chi connectivity index (χ0v) is 17.8. The summed E-state index contributed by atoms with van der Waals surface area (Å²) in [6.07, 6.45) is 5.26. The summed E-state index contributed by atoms with van der Waals surface area (Å²) in [5.41, 5.74) is 3.99. The first kappa shape index (κ1) is 20.0. The summed E-state index contributed by atoms with van der Waals surface area (Å²) in [7, 11) is 1.96. The van der Waals surface area contributed by atoms with Crippen LogP contribution in [0.2, 0.25) is 0 Å². The topological polar surface area (TPSA) is 72.6 Å². The van der Waals surface area contributed by atoms with Crippen molar-refractivity contribution in [1.82, 2.24) is 19.7 Å². The Hall–Kier alpha value is -2.90. The van der Waals surface area contributed by atoms with Crippen molar-refractivity contribution in [3.63, 3.8) is 0 Å². The van der Waals surface area contributed by atoms with Crippen molar-refractivity contribution in [3.8, 4) is 22.8 Å². The first-order chi connectivity index (χ1) is 15.2. The molecule has 1 saturated heterocycles. The molecule has 1 N–H and O–H groups in total. The summed E-state index contributed by atoms with van der Waals surface area (Å²) in [4.78, 5) is 6.77. The first-order valence-electron chi connectivity index (χ1n) is 10.9. The van der Waals surface area contributed by atoms with Crippen molar-refractivity contribution < 1.29 is 14.6 Å². The fraction of sp³-hybridized carbons (Fsp3) is 0.417. The monoisotopic (exact) mass is 420 g/mol. The van der Waals surface area contributed by atoms with Gasteiger partial charge in [0.1, 0.15) is 13.2 Å². The maximum absolute atomic E-state index is 10.7. The zero-order valence-electron chi connectivity index (χ0n) is 17.8. The SMILES string of the molecule is Cn1cc(CN2CCC(C(O)c3ccccn3)CC2)c(-c2ccc3c(c2)OCCO3)n1. The van der Waals surface area contributed by atoms with Crippen LogP contribution in [-0.2, 0) is 13.6 Å². The maximum atomic E-state index is 10.7. The van der Waals surface area contributed by atoms with E-state index in [1.165, 1.54) is 5.56 Å². The fourth-order valence-corrected chi connectivity index (χ4v) is 4.55. The van der Waals surface area contributed by atoms with Gasteiger partial charge in [-0.3, -0.25) is 14.6 Å². The molecule has 0 saturated carbocycles. The van der Waals surface area contributed by atoms with Crippen LogP contribution in [-0.4, -0.2) is 51.1 Å². The van der Waals surface area contributed by atoms with E-state index in [0.717, 1.165) is 60.9 Å². The van der Waals surface area contributed by atoms with Crippen LogP contribution in [0.15, 0.2) is 48.8 Å². The number of nitrogens with zero attached hydrogens (tertiary/aromatic N) is 4. The molecule has 1 aromatic carbocycles. The van der Waals surface area contributed by atoms with Gasteiger partial charge in [0.15, 0.2) is 11.5 Å². The van der Waals surface area contributed by atoms with Crippen molar-refractivity contribution in [2.45, 2.75) is 25.5 Å². The fourth-order valence-electron chi connectivity index (χ4n) is 4.55. The number of aromatic nitrogens is 3. The van der Waals surface area contributed by atoms with Crippen LogP contribution >= 0.6 is 0 Å². The van der Waals surface area contributed by atoms with Gasteiger partial charge in [-0.05, 0) is 62.2 Å². The molecule has 7 nitrogen and oxygen atoms in total. The average molecular weight is 421 g/mol. The van der Waals surface area contributed by atoms with Crippen LogP contribution in [0.25, 0.3) is 11.3 Å². The maximum Gasteiger partial charge on any atom is 0.162 e. The highest BCUT2D eigenvalue weighted by Crippen LogP contribution is 2.36. The summed E-state index contributed by atoms with van der Waals surface area (Å²) in [5.74, 6) is 1.82. The van der Waals surface area contributed by atoms with Gasteiger partial charge in [0.05, 0.1) is 17.5 Å². The van der Waals surface area contributed by atoms with Crippen LogP contribution in [0.5, 0.6) is 11.5 Å². The van der Waals surface area contributed by atoms with E-state index in [1.807, 2.05) is 42.1 Å². The Morgan fingerprint density at radius 2 is 1.90 bits per heavy atom. The molecular weight excluding hydrogens is 392 g/mol. The van der Waals surface area contributed by atoms with E-state index in [1.54, 1.807) is 6.20 Å². The number of aliphatic hydroxyl groups is 1. The van der Waals surface area contributed by atoms with E-state index in [2.05, 4.69) is 22.1 Å². The lowest BCUT2D eigenvalue weighted by Gasteiger charge is -2.34. The molecular formula is C24H28N4O3. The number of piperidine rings is 1. The minimum atomic E-state index is -0.491. The van der Waals surface area contributed by atoms with Gasteiger partial charge in [-0.1, -0.05) is 6.07 Å². The van der Waals surface area contributed by atoms with Gasteiger partial charge in [0, 0.05) is 37.1 Å². The van der Waals surface area contributed by atoms with Gasteiger partial charge in [-0.2, -0.15) is 5.10 Å². The molecule has 3 aromatic rings. The molecule has 2 aromatic heterocycles. The van der Waals surface area contributed by atoms with Crippen molar-refractivity contribution in [2.75, 3.05) is 26.3 Å². The first-order valence-corrected chi connectivity index (χ1v) is 10.9. The number of pyridine rings is 1. The zero-order chi connectivity index (χ0) is 21.2. The highest BCUT2D eigenvalue weighted by atomic mass is 16.6. The Morgan fingerprint density at radius 1 is 1.10 bits per heavy atom. The molecule has 0 aliphatic carbocycles. The van der Waals surface area contributed by atoms with E-state index >= 15 is 0 Å². The average Bonchev–Trinajstić information content (AvgIpc) is 3.19. The molecule has 2 aliphatic heterocycles. The molecule has 1 fully saturated rings. The summed E-state index contributed by atoms with van der Waals surface area (Å²) in [6.45, 7) is 3.90. The quantitative estimate of drug-likeness (QED) is 0.683. The third-order valence-corrected chi connectivity index (χ3v) is 6.18. The van der Waals surface area contributed by atoms with Gasteiger partial charge in [0.2, 0.25) is 0 Å². The normalized spacial score (nSPS) is 18.1. The molecule has 0 amide bonds. The second-order valence-corrected chi connectivity index (χ2v) is 8.35. The van der Waals surface area contributed by atoms with Gasteiger partial charge >= 0.3 is 0 Å². The molecule has 7 heteroatoms. The lowest BCUT2D eigenvalue weighted by molar-refractivity contribution is 0.0540. The van der Waals surface area contributed by atoms with Crippen LogP contribution in [0.1, 0.15) is 30.2 Å². The van der Waals surface area contributed by atoms with Crippen molar-refractivity contribution in [3.05, 3.63) is 60.0 Å². The van der Waals surface area contributed by atoms with Crippen LogP contribution in [0.3, 0.4) is 0 Å². The predicted octanol–water partition coefficient (Wildman–Crippen LogP) is 3.20. The number of rotatable bonds is 5. The number of likely N-dealkylation sites (tertiary alicyclic amines) is 1. The van der Waals surface area contributed by atoms with E-state index in [-0.39, 0.29) is 5.92 Å². The molecule has 1 unspecified atom stereocenters. The van der Waals surface area contributed by atoms with E-state index in [4.69, 9.17) is 14.6 Å². The molecule has 0 bridgehead atoms. The number of hydrogen-bond donors (Lipinski definition) is 1. The smallest absolute Gasteiger partial charge is 0.162 e. The summed E-state index contributed by atoms with van der Waals surface area (Å²) in [5, 5.41) is 15.4. The lowest BCUT2D eigenvalue weighted by Crippen LogP contribution is -2.35. The second-order valence-electron chi connectivity index (χ2n) is 8.35. The van der Waals surface area contributed by atoms with E-state index in [9.17, 15) is 5.11 Å². The molecule has 1 atom stereocenters. The van der Waals surface area contributed by atoms with E-state index < -0.39 is 6.10 Å². The highest BCUT2D eigenvalue weighted by Gasteiger charge is 2.27. The summed E-state index contributed by atoms with van der Waals surface area (Å²) >= 11 is 0. The van der Waals surface area contributed by atoms with Crippen molar-refractivity contribution in [2.24, 2.45) is 13.0 Å². The van der Waals surface area contributed by atoms with Crippen molar-refractivity contribution in [1.29, 1.82) is 0 Å². The minimum Gasteiger partial charge on any atom is -0.486 e.